The van der Waals surface area contributed by atoms with Gasteiger partial charge in [0.1, 0.15) is 6.10 Å². The first-order chi connectivity index (χ1) is 7.14. The molecule has 1 rings (SSSR count). The molecule has 2 unspecified atom stereocenters. The van der Waals surface area contributed by atoms with E-state index < -0.39 is 33.5 Å². The number of aliphatic hydroxyl groups excluding tert-OH is 1. The highest BCUT2D eigenvalue weighted by Crippen LogP contribution is 2.27. The molecule has 0 radical (unpaired) electrons. The van der Waals surface area contributed by atoms with Crippen LogP contribution in [0.25, 0.3) is 0 Å². The number of esters is 1. The molecule has 0 amide bonds. The van der Waals surface area contributed by atoms with Crippen molar-refractivity contribution in [2.45, 2.75) is 36.7 Å². The van der Waals surface area contributed by atoms with Gasteiger partial charge in [-0.25, -0.2) is 4.79 Å². The third-order valence-corrected chi connectivity index (χ3v) is 3.01. The number of carbonyl (C=O) groups is 1. The zero-order valence-electron chi connectivity index (χ0n) is 7.97. The first-order valence-corrected chi connectivity index (χ1v) is 5.82. The van der Waals surface area contributed by atoms with Crippen molar-refractivity contribution >= 4 is 16.1 Å². The number of rotatable bonds is 3. The van der Waals surface area contributed by atoms with Crippen LogP contribution in [-0.4, -0.2) is 41.5 Å². The lowest BCUT2D eigenvalue weighted by Crippen LogP contribution is -2.40. The molecule has 1 aliphatic rings. The molecule has 0 aromatic rings. The smallest absolute Gasteiger partial charge is 0.457 e. The Labute approximate surface area is 90.0 Å². The second kappa shape index (κ2) is 4.22. The minimum Gasteiger partial charge on any atom is -0.457 e. The Balaban J connectivity index is 2.66. The molecule has 0 bridgehead atoms. The van der Waals surface area contributed by atoms with Gasteiger partial charge in [-0.05, 0) is 12.8 Å². The van der Waals surface area contributed by atoms with Crippen LogP contribution in [0.15, 0.2) is 0 Å². The SMILES string of the molecule is O=C(OC1CCC(O)C1)C(F)(F)S(=O)(=O)O. The monoisotopic (exact) mass is 260 g/mol. The van der Waals surface area contributed by atoms with E-state index in [1.807, 2.05) is 0 Å². The van der Waals surface area contributed by atoms with E-state index in [4.69, 9.17) is 9.66 Å². The summed E-state index contributed by atoms with van der Waals surface area (Å²) in [5.41, 5.74) is 0. The van der Waals surface area contributed by atoms with Crippen molar-refractivity contribution in [3.8, 4) is 0 Å². The largest absolute Gasteiger partial charge is 0.465 e. The minimum absolute atomic E-state index is 0.0205. The second-order valence-corrected chi connectivity index (χ2v) is 4.95. The van der Waals surface area contributed by atoms with Crippen molar-refractivity contribution in [2.24, 2.45) is 0 Å². The summed E-state index contributed by atoms with van der Waals surface area (Å²) in [6, 6.07) is 0. The fraction of sp³-hybridized carbons (Fsp3) is 0.857. The first kappa shape index (κ1) is 13.3. The van der Waals surface area contributed by atoms with Gasteiger partial charge in [0.2, 0.25) is 0 Å². The molecule has 0 aromatic carbocycles. The lowest BCUT2D eigenvalue weighted by Gasteiger charge is -2.15. The molecule has 9 heteroatoms. The molecule has 2 atom stereocenters. The number of carbonyl (C=O) groups excluding carboxylic acids is 1. The fourth-order valence-corrected chi connectivity index (χ4v) is 1.61. The van der Waals surface area contributed by atoms with Crippen LogP contribution in [0.2, 0.25) is 0 Å². The van der Waals surface area contributed by atoms with Gasteiger partial charge in [0.15, 0.2) is 0 Å². The Kier molecular flexibility index (Phi) is 3.50. The van der Waals surface area contributed by atoms with Crippen LogP contribution >= 0.6 is 0 Å². The van der Waals surface area contributed by atoms with Crippen LogP contribution in [0.4, 0.5) is 8.78 Å². The minimum atomic E-state index is -5.83. The molecule has 2 N–H and O–H groups in total. The van der Waals surface area contributed by atoms with Gasteiger partial charge in [-0.1, -0.05) is 0 Å². The normalized spacial score (nSPS) is 26.8. The molecule has 1 fully saturated rings. The first-order valence-electron chi connectivity index (χ1n) is 4.38. The number of aliphatic hydroxyl groups is 1. The molecule has 16 heavy (non-hydrogen) atoms. The van der Waals surface area contributed by atoms with Crippen molar-refractivity contribution in [1.82, 2.24) is 0 Å². The van der Waals surface area contributed by atoms with Crippen molar-refractivity contribution in [3.05, 3.63) is 0 Å². The van der Waals surface area contributed by atoms with Crippen molar-refractivity contribution in [3.63, 3.8) is 0 Å². The summed E-state index contributed by atoms with van der Waals surface area (Å²) in [6.45, 7) is 0. The highest BCUT2D eigenvalue weighted by Gasteiger charge is 2.55. The lowest BCUT2D eigenvalue weighted by atomic mass is 10.3. The van der Waals surface area contributed by atoms with E-state index in [1.54, 1.807) is 0 Å². The number of alkyl halides is 2. The number of halogens is 2. The summed E-state index contributed by atoms with van der Waals surface area (Å²) >= 11 is 0. The summed E-state index contributed by atoms with van der Waals surface area (Å²) in [5.74, 6) is -2.32. The Bertz CT molecular complexity index is 378. The van der Waals surface area contributed by atoms with Crippen molar-refractivity contribution in [2.75, 3.05) is 0 Å². The van der Waals surface area contributed by atoms with Crippen LogP contribution in [0.1, 0.15) is 19.3 Å². The quantitative estimate of drug-likeness (QED) is 0.544. The van der Waals surface area contributed by atoms with Gasteiger partial charge in [-0.2, -0.15) is 17.2 Å². The number of ether oxygens (including phenoxy) is 1. The lowest BCUT2D eigenvalue weighted by molar-refractivity contribution is -0.167. The predicted molar refractivity (Wildman–Crippen MR) is 46.2 cm³/mol. The molecule has 0 aromatic heterocycles. The van der Waals surface area contributed by atoms with Crippen molar-refractivity contribution in [1.29, 1.82) is 0 Å². The highest BCUT2D eigenvalue weighted by atomic mass is 32.2. The third-order valence-electron chi connectivity index (χ3n) is 2.19. The predicted octanol–water partition coefficient (Wildman–Crippen LogP) is -0.0764. The highest BCUT2D eigenvalue weighted by molar-refractivity contribution is 7.87. The third kappa shape index (κ3) is 2.66. The van der Waals surface area contributed by atoms with Gasteiger partial charge >= 0.3 is 21.3 Å². The Morgan fingerprint density at radius 1 is 1.38 bits per heavy atom. The summed E-state index contributed by atoms with van der Waals surface area (Å²) in [5, 5.41) is 4.06. The molecule has 0 heterocycles. The number of hydrogen-bond donors (Lipinski definition) is 2. The maximum atomic E-state index is 12.7. The van der Waals surface area contributed by atoms with E-state index in [0.29, 0.717) is 0 Å². The molecule has 0 saturated heterocycles. The molecule has 1 aliphatic carbocycles. The van der Waals surface area contributed by atoms with Gasteiger partial charge in [0, 0.05) is 6.42 Å². The van der Waals surface area contributed by atoms with Crippen LogP contribution in [0.5, 0.6) is 0 Å². The molecule has 0 spiro atoms. The Morgan fingerprint density at radius 3 is 2.31 bits per heavy atom. The molecule has 1 saturated carbocycles. The summed E-state index contributed by atoms with van der Waals surface area (Å²) in [6.07, 6.45) is -1.26. The van der Waals surface area contributed by atoms with Crippen LogP contribution in [0.3, 0.4) is 0 Å². The van der Waals surface area contributed by atoms with E-state index in [0.717, 1.165) is 0 Å². The Morgan fingerprint density at radius 2 is 1.94 bits per heavy atom. The van der Waals surface area contributed by atoms with Gasteiger partial charge in [0.25, 0.3) is 0 Å². The zero-order valence-corrected chi connectivity index (χ0v) is 8.78. The van der Waals surface area contributed by atoms with Gasteiger partial charge in [-0.3, -0.25) is 4.55 Å². The van der Waals surface area contributed by atoms with E-state index in [2.05, 4.69) is 4.74 Å². The van der Waals surface area contributed by atoms with E-state index in [-0.39, 0.29) is 19.3 Å². The Hall–Kier alpha value is -0.800. The van der Waals surface area contributed by atoms with E-state index in [9.17, 15) is 22.0 Å². The summed E-state index contributed by atoms with van der Waals surface area (Å²) in [7, 11) is -5.83. The fourth-order valence-electron chi connectivity index (χ4n) is 1.35. The summed E-state index contributed by atoms with van der Waals surface area (Å²) < 4.78 is 58.1. The van der Waals surface area contributed by atoms with Crippen molar-refractivity contribution < 1.29 is 36.4 Å². The van der Waals surface area contributed by atoms with Crippen LogP contribution < -0.4 is 0 Å². The maximum Gasteiger partial charge on any atom is 0.465 e. The van der Waals surface area contributed by atoms with Crippen LogP contribution in [-0.2, 0) is 19.6 Å². The summed E-state index contributed by atoms with van der Waals surface area (Å²) in [4.78, 5) is 10.8. The molecule has 0 aliphatic heterocycles. The second-order valence-electron chi connectivity index (χ2n) is 3.49. The molecular weight excluding hydrogens is 250 g/mol. The van der Waals surface area contributed by atoms with Gasteiger partial charge in [0.05, 0.1) is 6.10 Å². The molecule has 94 valence electrons. The standard InChI is InChI=1S/C7H10F2O6S/c8-7(9,16(12,13)14)6(11)15-5-2-1-4(10)3-5/h4-5,10H,1-3H2,(H,12,13,14). The van der Waals surface area contributed by atoms with Gasteiger partial charge in [-0.15, -0.1) is 0 Å². The molecule has 6 nitrogen and oxygen atoms in total. The topological polar surface area (TPSA) is 101 Å². The zero-order chi connectivity index (χ0) is 12.6. The molecular formula is C7H10F2O6S. The van der Waals surface area contributed by atoms with E-state index in [1.165, 1.54) is 0 Å². The average Bonchev–Trinajstić information content (AvgIpc) is 2.49. The van der Waals surface area contributed by atoms with Crippen LogP contribution in [0, 0.1) is 0 Å². The average molecular weight is 260 g/mol. The maximum absolute atomic E-state index is 12.7. The van der Waals surface area contributed by atoms with E-state index >= 15 is 0 Å². The van der Waals surface area contributed by atoms with Gasteiger partial charge < -0.3 is 9.84 Å². The number of hydrogen-bond acceptors (Lipinski definition) is 5.